The highest BCUT2D eigenvalue weighted by Gasteiger charge is 2.13. The van der Waals surface area contributed by atoms with Crippen LogP contribution in [-0.4, -0.2) is 11.9 Å². The fourth-order valence-electron chi connectivity index (χ4n) is 1.60. The van der Waals surface area contributed by atoms with E-state index in [1.807, 2.05) is 5.43 Å². The maximum Gasteiger partial charge on any atom is 0.338 e. The summed E-state index contributed by atoms with van der Waals surface area (Å²) in [5.41, 5.74) is 3.88. The van der Waals surface area contributed by atoms with Gasteiger partial charge in [-0.15, -0.1) is 0 Å². The lowest BCUT2D eigenvalue weighted by molar-refractivity contribution is 0.0938. The lowest BCUT2D eigenvalue weighted by Crippen LogP contribution is -2.44. The number of carbonyl (C=O) groups is 2. The molecule has 2 aromatic rings. The summed E-state index contributed by atoms with van der Waals surface area (Å²) in [5, 5.41) is 2.53. The van der Waals surface area contributed by atoms with Crippen LogP contribution in [0.5, 0.6) is 0 Å². The summed E-state index contributed by atoms with van der Waals surface area (Å²) >= 11 is 11.6. The van der Waals surface area contributed by atoms with Gasteiger partial charge in [-0.1, -0.05) is 23.2 Å². The second-order valence-corrected chi connectivity index (χ2v) is 5.13. The number of amides is 3. The second kappa shape index (κ2) is 7.26. The molecule has 23 heavy (non-hydrogen) atoms. The van der Waals surface area contributed by atoms with Gasteiger partial charge in [0.25, 0.3) is 5.91 Å². The van der Waals surface area contributed by atoms with Crippen molar-refractivity contribution in [2.24, 2.45) is 0 Å². The number of halogens is 4. The van der Waals surface area contributed by atoms with E-state index in [1.54, 1.807) is 0 Å². The van der Waals surface area contributed by atoms with Crippen molar-refractivity contribution in [3.05, 3.63) is 63.6 Å². The topological polar surface area (TPSA) is 70.2 Å². The van der Waals surface area contributed by atoms with Gasteiger partial charge in [-0.05, 0) is 30.3 Å². The quantitative estimate of drug-likeness (QED) is 0.714. The Kier molecular flexibility index (Phi) is 5.36. The minimum absolute atomic E-state index is 0.0485. The third-order valence-electron chi connectivity index (χ3n) is 2.64. The summed E-state index contributed by atoms with van der Waals surface area (Å²) in [6, 6.07) is 5.94. The fourth-order valence-corrected chi connectivity index (χ4v) is 1.97. The van der Waals surface area contributed by atoms with Crippen molar-refractivity contribution >= 4 is 40.8 Å². The summed E-state index contributed by atoms with van der Waals surface area (Å²) in [4.78, 5) is 23.4. The van der Waals surface area contributed by atoms with E-state index in [0.717, 1.165) is 12.1 Å². The Labute approximate surface area is 139 Å². The fraction of sp³-hybridized carbons (Fsp3) is 0. The Morgan fingerprint density at radius 1 is 0.957 bits per heavy atom. The van der Waals surface area contributed by atoms with Crippen LogP contribution < -0.4 is 16.2 Å². The SMILES string of the molecule is O=C(NNC(=O)c1cc(Cl)ccc1Cl)Nc1ccc(F)cc1F. The zero-order valence-corrected chi connectivity index (χ0v) is 12.8. The molecular weight excluding hydrogens is 351 g/mol. The van der Waals surface area contributed by atoms with Gasteiger partial charge in [-0.3, -0.25) is 10.2 Å². The van der Waals surface area contributed by atoms with E-state index in [1.165, 1.54) is 18.2 Å². The van der Waals surface area contributed by atoms with Crippen LogP contribution in [0.25, 0.3) is 0 Å². The molecule has 0 aliphatic heterocycles. The third kappa shape index (κ3) is 4.54. The summed E-state index contributed by atoms with van der Waals surface area (Å²) < 4.78 is 26.1. The molecule has 0 saturated carbocycles. The Bertz CT molecular complexity index is 772. The van der Waals surface area contributed by atoms with Crippen LogP contribution in [0, 0.1) is 11.6 Å². The van der Waals surface area contributed by atoms with Gasteiger partial charge in [0.1, 0.15) is 11.6 Å². The molecule has 0 bridgehead atoms. The summed E-state index contributed by atoms with van der Waals surface area (Å²) in [5.74, 6) is -2.45. The van der Waals surface area contributed by atoms with E-state index in [2.05, 4.69) is 10.7 Å². The molecule has 120 valence electrons. The lowest BCUT2D eigenvalue weighted by atomic mass is 10.2. The van der Waals surface area contributed by atoms with Crippen molar-refractivity contribution in [3.8, 4) is 0 Å². The van der Waals surface area contributed by atoms with Crippen LogP contribution in [0.2, 0.25) is 10.0 Å². The molecule has 0 spiro atoms. The van der Waals surface area contributed by atoms with Crippen molar-refractivity contribution in [1.29, 1.82) is 0 Å². The first kappa shape index (κ1) is 17.0. The number of hydrazine groups is 1. The molecule has 9 heteroatoms. The van der Waals surface area contributed by atoms with E-state index < -0.39 is 23.6 Å². The van der Waals surface area contributed by atoms with E-state index >= 15 is 0 Å². The normalized spacial score (nSPS) is 10.1. The number of anilines is 1. The highest BCUT2D eigenvalue weighted by atomic mass is 35.5. The Balaban J connectivity index is 1.96. The number of nitrogens with one attached hydrogen (secondary N) is 3. The van der Waals surface area contributed by atoms with Gasteiger partial charge in [0.05, 0.1) is 16.3 Å². The van der Waals surface area contributed by atoms with Crippen molar-refractivity contribution < 1.29 is 18.4 Å². The minimum atomic E-state index is -0.954. The first-order valence-electron chi connectivity index (χ1n) is 6.14. The predicted octanol–water partition coefficient (Wildman–Crippen LogP) is 3.74. The molecule has 2 rings (SSSR count). The summed E-state index contributed by atoms with van der Waals surface area (Å²) in [6.07, 6.45) is 0. The molecule has 0 aliphatic rings. The van der Waals surface area contributed by atoms with Gasteiger partial charge in [-0.25, -0.2) is 19.0 Å². The largest absolute Gasteiger partial charge is 0.338 e. The standard InChI is InChI=1S/C14H9Cl2F2N3O2/c15-7-1-3-10(16)9(5-7)13(22)20-21-14(23)19-12-4-2-8(17)6-11(12)18/h1-6H,(H,20,22)(H2,19,21,23). The van der Waals surface area contributed by atoms with Gasteiger partial charge in [0.2, 0.25) is 0 Å². The summed E-state index contributed by atoms with van der Waals surface area (Å²) in [6.45, 7) is 0. The molecule has 0 saturated heterocycles. The van der Waals surface area contributed by atoms with Gasteiger partial charge >= 0.3 is 6.03 Å². The molecule has 3 amide bonds. The maximum absolute atomic E-state index is 13.4. The molecular formula is C14H9Cl2F2N3O2. The molecule has 0 radical (unpaired) electrons. The van der Waals surface area contributed by atoms with Gasteiger partial charge in [-0.2, -0.15) is 0 Å². The van der Waals surface area contributed by atoms with Crippen molar-refractivity contribution in [1.82, 2.24) is 10.9 Å². The Morgan fingerprint density at radius 3 is 2.39 bits per heavy atom. The number of hydrogen-bond acceptors (Lipinski definition) is 2. The molecule has 2 aromatic carbocycles. The van der Waals surface area contributed by atoms with Crippen LogP contribution in [0.3, 0.4) is 0 Å². The second-order valence-electron chi connectivity index (χ2n) is 4.28. The van der Waals surface area contributed by atoms with Crippen LogP contribution in [0.15, 0.2) is 36.4 Å². The van der Waals surface area contributed by atoms with Gasteiger partial charge < -0.3 is 5.32 Å². The molecule has 0 fully saturated rings. The number of hydrogen-bond donors (Lipinski definition) is 3. The zero-order valence-electron chi connectivity index (χ0n) is 11.3. The van der Waals surface area contributed by atoms with Crippen LogP contribution >= 0.6 is 23.2 Å². The maximum atomic E-state index is 13.4. The van der Waals surface area contributed by atoms with Crippen LogP contribution in [0.1, 0.15) is 10.4 Å². The van der Waals surface area contributed by atoms with E-state index in [4.69, 9.17) is 23.2 Å². The molecule has 0 aliphatic carbocycles. The van der Waals surface area contributed by atoms with Crippen molar-refractivity contribution in [2.75, 3.05) is 5.32 Å². The number of carbonyl (C=O) groups excluding carboxylic acids is 2. The third-order valence-corrected chi connectivity index (χ3v) is 3.21. The smallest absolute Gasteiger partial charge is 0.304 e. The van der Waals surface area contributed by atoms with Crippen molar-refractivity contribution in [2.45, 2.75) is 0 Å². The van der Waals surface area contributed by atoms with Crippen LogP contribution in [-0.2, 0) is 0 Å². The first-order valence-corrected chi connectivity index (χ1v) is 6.90. The Morgan fingerprint density at radius 2 is 1.70 bits per heavy atom. The van der Waals surface area contributed by atoms with Crippen LogP contribution in [0.4, 0.5) is 19.3 Å². The number of urea groups is 1. The van der Waals surface area contributed by atoms with Gasteiger partial charge in [0, 0.05) is 11.1 Å². The number of rotatable bonds is 2. The number of benzene rings is 2. The molecule has 0 atom stereocenters. The molecule has 3 N–H and O–H groups in total. The van der Waals surface area contributed by atoms with E-state index in [-0.39, 0.29) is 21.3 Å². The van der Waals surface area contributed by atoms with Gasteiger partial charge in [0.15, 0.2) is 0 Å². The summed E-state index contributed by atoms with van der Waals surface area (Å²) in [7, 11) is 0. The molecule has 5 nitrogen and oxygen atoms in total. The predicted molar refractivity (Wildman–Crippen MR) is 82.4 cm³/mol. The van der Waals surface area contributed by atoms with Crippen molar-refractivity contribution in [3.63, 3.8) is 0 Å². The monoisotopic (exact) mass is 359 g/mol. The van der Waals surface area contributed by atoms with E-state index in [0.29, 0.717) is 6.07 Å². The highest BCUT2D eigenvalue weighted by Crippen LogP contribution is 2.20. The first-order chi connectivity index (χ1) is 10.9. The Hall–Kier alpha value is -2.38. The average molecular weight is 360 g/mol. The lowest BCUT2D eigenvalue weighted by Gasteiger charge is -2.10. The molecule has 0 unspecified atom stereocenters. The minimum Gasteiger partial charge on any atom is -0.304 e. The zero-order chi connectivity index (χ0) is 17.0. The van der Waals surface area contributed by atoms with E-state index in [9.17, 15) is 18.4 Å². The highest BCUT2D eigenvalue weighted by molar-refractivity contribution is 6.35. The molecule has 0 heterocycles. The molecule has 0 aromatic heterocycles. The average Bonchev–Trinajstić information content (AvgIpc) is 2.50.